The molecule has 3 aliphatic carbocycles. The molecule has 0 aromatic heterocycles. The summed E-state index contributed by atoms with van der Waals surface area (Å²) in [5.41, 5.74) is 14.4. The van der Waals surface area contributed by atoms with Gasteiger partial charge in [0.25, 0.3) is 0 Å². The van der Waals surface area contributed by atoms with Crippen LogP contribution >= 0.6 is 11.8 Å². The van der Waals surface area contributed by atoms with Crippen molar-refractivity contribution in [1.82, 2.24) is 0 Å². The molecule has 2 heterocycles. The van der Waals surface area contributed by atoms with Crippen molar-refractivity contribution in [3.05, 3.63) is 80.7 Å². The van der Waals surface area contributed by atoms with Gasteiger partial charge in [-0.2, -0.15) is 0 Å². The van der Waals surface area contributed by atoms with E-state index >= 15 is 0 Å². The van der Waals surface area contributed by atoms with Crippen molar-refractivity contribution < 1.29 is 9.47 Å². The number of nitrogens with two attached hydrogens (primary N) is 1. The van der Waals surface area contributed by atoms with Crippen LogP contribution in [0.1, 0.15) is 32.1 Å². The molecule has 0 aromatic carbocycles. The number of ether oxygens (including phenoxy) is 2. The van der Waals surface area contributed by atoms with E-state index in [9.17, 15) is 0 Å². The van der Waals surface area contributed by atoms with Gasteiger partial charge in [-0.05, 0) is 79.2 Å². The van der Waals surface area contributed by atoms with Crippen molar-refractivity contribution in [3.8, 4) is 0 Å². The van der Waals surface area contributed by atoms with E-state index in [0.29, 0.717) is 19.1 Å². The maximum atomic E-state index is 6.00. The average molecular weight is 394 g/mol. The molecule has 1 atom stereocenters. The zero-order valence-corrected chi connectivity index (χ0v) is 17.0. The molecule has 0 aromatic rings. The fourth-order valence-corrected chi connectivity index (χ4v) is 5.84. The third-order valence-electron chi connectivity index (χ3n) is 6.13. The van der Waals surface area contributed by atoms with Crippen molar-refractivity contribution in [2.45, 2.75) is 32.1 Å². The number of allylic oxidation sites excluding steroid dienone is 9. The van der Waals surface area contributed by atoms with Crippen LogP contribution in [0.5, 0.6) is 0 Å². The lowest BCUT2D eigenvalue weighted by Gasteiger charge is -2.32. The fraction of sp³-hybridized carbons (Fsp3) is 0.417. The minimum atomic E-state index is 0.374. The zero-order chi connectivity index (χ0) is 18.9. The molecule has 2 N–H and O–H groups in total. The van der Waals surface area contributed by atoms with E-state index in [1.54, 1.807) is 16.7 Å². The van der Waals surface area contributed by atoms with Crippen LogP contribution in [0.25, 0.3) is 0 Å². The minimum Gasteiger partial charge on any atom is -0.464 e. The number of hydrogen-bond acceptors (Lipinski definition) is 4. The van der Waals surface area contributed by atoms with Crippen molar-refractivity contribution in [1.29, 1.82) is 0 Å². The predicted octanol–water partition coefficient (Wildman–Crippen LogP) is 5.07. The molecule has 0 radical (unpaired) electrons. The van der Waals surface area contributed by atoms with Gasteiger partial charge in [0.2, 0.25) is 0 Å². The summed E-state index contributed by atoms with van der Waals surface area (Å²) in [7, 11) is 0. The highest BCUT2D eigenvalue weighted by molar-refractivity contribution is 8.03. The van der Waals surface area contributed by atoms with Crippen molar-refractivity contribution in [2.75, 3.05) is 25.5 Å². The molecule has 1 unspecified atom stereocenters. The van der Waals surface area contributed by atoms with Gasteiger partial charge in [0, 0.05) is 28.8 Å². The number of thioether (sulfide) groups is 1. The Labute approximate surface area is 171 Å². The Morgan fingerprint density at radius 2 is 2.14 bits per heavy atom. The summed E-state index contributed by atoms with van der Waals surface area (Å²) < 4.78 is 11.8. The second-order valence-electron chi connectivity index (χ2n) is 7.86. The Hall–Kier alpha value is -1.75. The summed E-state index contributed by atoms with van der Waals surface area (Å²) in [6, 6.07) is 0. The van der Waals surface area contributed by atoms with Gasteiger partial charge in [-0.15, -0.1) is 11.8 Å². The zero-order valence-electron chi connectivity index (χ0n) is 16.2. The third kappa shape index (κ3) is 3.28. The Morgan fingerprint density at radius 3 is 3.07 bits per heavy atom. The van der Waals surface area contributed by atoms with Gasteiger partial charge in [-0.1, -0.05) is 17.7 Å². The molecule has 4 heteroatoms. The van der Waals surface area contributed by atoms with Crippen LogP contribution in [0.2, 0.25) is 0 Å². The molecule has 0 saturated heterocycles. The standard InChI is InChI=1S/C24H27NO2S/c25-9-3-10-26-14-18-13-22-17(15-28-18)7-8-20-19-5-1-6-21(19)24-16(12-23(20)22)4-2-11-27-24/h2,4,7,11-13,22H,1,3,5-6,8-10,14-15,25H2. The molecular weight excluding hydrogens is 366 g/mol. The molecule has 146 valence electrons. The normalized spacial score (nSPS) is 25.5. The van der Waals surface area contributed by atoms with Gasteiger partial charge in [0.15, 0.2) is 0 Å². The SMILES string of the molecule is NCCCOCC1=CC2C(=CCC3=C4CCCC4=C4OC=CC=C4C=C32)CS1. The Balaban J connectivity index is 1.51. The summed E-state index contributed by atoms with van der Waals surface area (Å²) in [6.07, 6.45) is 18.9. The summed E-state index contributed by atoms with van der Waals surface area (Å²) in [5, 5.41) is 0. The molecule has 1 fully saturated rings. The molecule has 5 rings (SSSR count). The van der Waals surface area contributed by atoms with Crippen LogP contribution in [0, 0.1) is 5.92 Å². The fourth-order valence-electron chi connectivity index (χ4n) is 4.79. The smallest absolute Gasteiger partial charge is 0.137 e. The molecule has 28 heavy (non-hydrogen) atoms. The highest BCUT2D eigenvalue weighted by atomic mass is 32.2. The molecule has 2 aliphatic heterocycles. The van der Waals surface area contributed by atoms with Crippen LogP contribution < -0.4 is 5.73 Å². The molecule has 3 nitrogen and oxygen atoms in total. The van der Waals surface area contributed by atoms with Crippen LogP contribution in [-0.4, -0.2) is 25.5 Å². The predicted molar refractivity (Wildman–Crippen MR) is 116 cm³/mol. The number of hydrogen-bond donors (Lipinski definition) is 1. The van der Waals surface area contributed by atoms with Gasteiger partial charge in [-0.3, -0.25) is 0 Å². The first-order valence-electron chi connectivity index (χ1n) is 10.4. The van der Waals surface area contributed by atoms with E-state index in [-0.39, 0.29) is 0 Å². The third-order valence-corrected chi connectivity index (χ3v) is 7.24. The second kappa shape index (κ2) is 7.94. The molecule has 0 bridgehead atoms. The number of rotatable bonds is 5. The van der Waals surface area contributed by atoms with Gasteiger partial charge >= 0.3 is 0 Å². The van der Waals surface area contributed by atoms with Gasteiger partial charge in [-0.25, -0.2) is 0 Å². The van der Waals surface area contributed by atoms with Gasteiger partial charge in [0.05, 0.1) is 12.9 Å². The Kier molecular flexibility index (Phi) is 5.19. The van der Waals surface area contributed by atoms with Crippen LogP contribution in [0.4, 0.5) is 0 Å². The van der Waals surface area contributed by atoms with Crippen molar-refractivity contribution in [3.63, 3.8) is 0 Å². The largest absolute Gasteiger partial charge is 0.464 e. The van der Waals surface area contributed by atoms with E-state index in [1.165, 1.54) is 34.5 Å². The Bertz CT molecular complexity index is 898. The first-order chi connectivity index (χ1) is 13.8. The van der Waals surface area contributed by atoms with Crippen LogP contribution in [-0.2, 0) is 9.47 Å². The number of fused-ring (bicyclic) bond motifs is 5. The topological polar surface area (TPSA) is 44.5 Å². The molecule has 1 saturated carbocycles. The minimum absolute atomic E-state index is 0.374. The van der Waals surface area contributed by atoms with Gasteiger partial charge in [0.1, 0.15) is 5.76 Å². The van der Waals surface area contributed by atoms with Crippen LogP contribution in [0.15, 0.2) is 80.7 Å². The summed E-state index contributed by atoms with van der Waals surface area (Å²) in [6.45, 7) is 2.14. The molecule has 0 amide bonds. The van der Waals surface area contributed by atoms with Gasteiger partial charge < -0.3 is 15.2 Å². The van der Waals surface area contributed by atoms with Crippen molar-refractivity contribution in [2.24, 2.45) is 11.7 Å². The maximum Gasteiger partial charge on any atom is 0.137 e. The maximum absolute atomic E-state index is 6.00. The average Bonchev–Trinajstić information content (AvgIpc) is 3.16. The highest BCUT2D eigenvalue weighted by Gasteiger charge is 2.34. The lowest BCUT2D eigenvalue weighted by atomic mass is 9.77. The van der Waals surface area contributed by atoms with Crippen molar-refractivity contribution >= 4 is 11.8 Å². The monoisotopic (exact) mass is 393 g/mol. The quantitative estimate of drug-likeness (QED) is 0.523. The summed E-state index contributed by atoms with van der Waals surface area (Å²) in [5.74, 6) is 2.53. The van der Waals surface area contributed by atoms with E-state index in [4.69, 9.17) is 15.2 Å². The lowest BCUT2D eigenvalue weighted by molar-refractivity contribution is 0.159. The molecule has 0 spiro atoms. The first kappa shape index (κ1) is 18.3. The highest BCUT2D eigenvalue weighted by Crippen LogP contribution is 2.50. The van der Waals surface area contributed by atoms with E-state index in [0.717, 1.165) is 37.4 Å². The Morgan fingerprint density at radius 1 is 1.21 bits per heavy atom. The van der Waals surface area contributed by atoms with Crippen LogP contribution in [0.3, 0.4) is 0 Å². The molecule has 5 aliphatic rings. The summed E-state index contributed by atoms with van der Waals surface area (Å²) in [4.78, 5) is 1.35. The second-order valence-corrected chi connectivity index (χ2v) is 8.97. The summed E-state index contributed by atoms with van der Waals surface area (Å²) >= 11 is 1.93. The lowest BCUT2D eigenvalue weighted by Crippen LogP contribution is -2.19. The molecular formula is C24H27NO2S. The van der Waals surface area contributed by atoms with E-state index in [1.807, 2.05) is 24.1 Å². The van der Waals surface area contributed by atoms with E-state index in [2.05, 4.69) is 24.3 Å². The van der Waals surface area contributed by atoms with E-state index < -0.39 is 0 Å². The first-order valence-corrected chi connectivity index (χ1v) is 11.4.